The summed E-state index contributed by atoms with van der Waals surface area (Å²) >= 11 is 3.37. The minimum atomic E-state index is -0.465. The highest BCUT2D eigenvalue weighted by molar-refractivity contribution is 9.10. The van der Waals surface area contributed by atoms with Crippen LogP contribution in [0.25, 0.3) is 0 Å². The Morgan fingerprint density at radius 1 is 1.69 bits per heavy atom. The second-order valence-electron chi connectivity index (χ2n) is 2.98. The molecule has 72 valence electrons. The standard InChI is InChI=1S/C9H13BrN2O/c1-9(6-11,13-2)7-4-3-5-12-8(7)10/h3-5H,6,11H2,1-2H3. The SMILES string of the molecule is COC(C)(CN)c1cccnc1Br. The van der Waals surface area contributed by atoms with E-state index < -0.39 is 5.60 Å². The molecule has 3 nitrogen and oxygen atoms in total. The molecule has 0 saturated carbocycles. The van der Waals surface area contributed by atoms with Gasteiger partial charge < -0.3 is 10.5 Å². The third-order valence-electron chi connectivity index (χ3n) is 2.17. The van der Waals surface area contributed by atoms with Crippen LogP contribution in [0.5, 0.6) is 0 Å². The van der Waals surface area contributed by atoms with E-state index in [-0.39, 0.29) is 0 Å². The number of pyridine rings is 1. The lowest BCUT2D eigenvalue weighted by molar-refractivity contribution is 0.00914. The maximum atomic E-state index is 5.64. The quantitative estimate of drug-likeness (QED) is 0.824. The molecular formula is C9H13BrN2O. The lowest BCUT2D eigenvalue weighted by Gasteiger charge is -2.27. The Hall–Kier alpha value is -0.450. The van der Waals surface area contributed by atoms with Crippen molar-refractivity contribution in [3.05, 3.63) is 28.5 Å². The van der Waals surface area contributed by atoms with Gasteiger partial charge in [0.25, 0.3) is 0 Å². The Morgan fingerprint density at radius 2 is 2.38 bits per heavy atom. The Balaban J connectivity index is 3.12. The summed E-state index contributed by atoms with van der Waals surface area (Å²) in [5, 5.41) is 0. The lowest BCUT2D eigenvalue weighted by atomic mass is 9.98. The molecule has 1 aromatic rings. The van der Waals surface area contributed by atoms with E-state index in [1.165, 1.54) is 0 Å². The summed E-state index contributed by atoms with van der Waals surface area (Å²) in [7, 11) is 1.65. The number of rotatable bonds is 3. The molecule has 1 rings (SSSR count). The number of hydrogen-bond acceptors (Lipinski definition) is 3. The number of methoxy groups -OCH3 is 1. The highest BCUT2D eigenvalue weighted by Gasteiger charge is 2.26. The molecule has 0 aromatic carbocycles. The van der Waals surface area contributed by atoms with Gasteiger partial charge in [-0.1, -0.05) is 6.07 Å². The summed E-state index contributed by atoms with van der Waals surface area (Å²) in [5.74, 6) is 0. The van der Waals surface area contributed by atoms with E-state index in [2.05, 4.69) is 20.9 Å². The molecule has 0 amide bonds. The van der Waals surface area contributed by atoms with Crippen LogP contribution >= 0.6 is 15.9 Å². The van der Waals surface area contributed by atoms with Gasteiger partial charge in [-0.2, -0.15) is 0 Å². The molecule has 0 aliphatic rings. The van der Waals surface area contributed by atoms with E-state index in [4.69, 9.17) is 10.5 Å². The average Bonchev–Trinajstić information content (AvgIpc) is 2.17. The van der Waals surface area contributed by atoms with Crippen LogP contribution in [-0.4, -0.2) is 18.6 Å². The van der Waals surface area contributed by atoms with Crippen LogP contribution in [0.4, 0.5) is 0 Å². The average molecular weight is 245 g/mol. The van der Waals surface area contributed by atoms with E-state index in [1.54, 1.807) is 13.3 Å². The van der Waals surface area contributed by atoms with Gasteiger partial charge in [-0.05, 0) is 28.9 Å². The molecule has 0 aliphatic carbocycles. The van der Waals surface area contributed by atoms with Crippen molar-refractivity contribution in [2.45, 2.75) is 12.5 Å². The molecule has 1 heterocycles. The molecule has 0 fully saturated rings. The van der Waals surface area contributed by atoms with Gasteiger partial charge in [-0.3, -0.25) is 0 Å². The van der Waals surface area contributed by atoms with Crippen molar-refractivity contribution in [3.63, 3.8) is 0 Å². The zero-order valence-corrected chi connectivity index (χ0v) is 9.34. The molecule has 0 spiro atoms. The maximum Gasteiger partial charge on any atom is 0.112 e. The Morgan fingerprint density at radius 3 is 2.85 bits per heavy atom. The third kappa shape index (κ3) is 2.07. The van der Waals surface area contributed by atoms with Crippen molar-refractivity contribution >= 4 is 15.9 Å². The smallest absolute Gasteiger partial charge is 0.112 e. The molecular weight excluding hydrogens is 232 g/mol. The van der Waals surface area contributed by atoms with Gasteiger partial charge in [-0.15, -0.1) is 0 Å². The van der Waals surface area contributed by atoms with Gasteiger partial charge in [0, 0.05) is 25.4 Å². The summed E-state index contributed by atoms with van der Waals surface area (Å²) in [6.45, 7) is 2.36. The monoisotopic (exact) mass is 244 g/mol. The summed E-state index contributed by atoms with van der Waals surface area (Å²) in [4.78, 5) is 4.12. The lowest BCUT2D eigenvalue weighted by Crippen LogP contribution is -2.34. The van der Waals surface area contributed by atoms with Gasteiger partial charge in [0.05, 0.1) is 0 Å². The van der Waals surface area contributed by atoms with Gasteiger partial charge in [-0.25, -0.2) is 4.98 Å². The first-order chi connectivity index (χ1) is 6.14. The molecule has 1 unspecified atom stereocenters. The fourth-order valence-corrected chi connectivity index (χ4v) is 1.75. The minimum absolute atomic E-state index is 0.424. The van der Waals surface area contributed by atoms with Gasteiger partial charge >= 0.3 is 0 Å². The molecule has 13 heavy (non-hydrogen) atoms. The molecule has 4 heteroatoms. The zero-order valence-electron chi connectivity index (χ0n) is 7.75. The topological polar surface area (TPSA) is 48.1 Å². The van der Waals surface area contributed by atoms with Crippen LogP contribution in [0.2, 0.25) is 0 Å². The van der Waals surface area contributed by atoms with Gasteiger partial charge in [0.1, 0.15) is 10.2 Å². The van der Waals surface area contributed by atoms with E-state index in [0.29, 0.717) is 6.54 Å². The number of nitrogens with two attached hydrogens (primary N) is 1. The first-order valence-electron chi connectivity index (χ1n) is 4.00. The molecule has 0 bridgehead atoms. The van der Waals surface area contributed by atoms with Crippen LogP contribution in [0.1, 0.15) is 12.5 Å². The third-order valence-corrected chi connectivity index (χ3v) is 2.80. The van der Waals surface area contributed by atoms with Crippen LogP contribution in [0.15, 0.2) is 22.9 Å². The van der Waals surface area contributed by atoms with Crippen LogP contribution in [0.3, 0.4) is 0 Å². The summed E-state index contributed by atoms with van der Waals surface area (Å²) in [5.41, 5.74) is 6.15. The first kappa shape index (κ1) is 10.6. The zero-order chi connectivity index (χ0) is 9.90. The fourth-order valence-electron chi connectivity index (χ4n) is 1.08. The van der Waals surface area contributed by atoms with Crippen molar-refractivity contribution in [1.82, 2.24) is 4.98 Å². The van der Waals surface area contributed by atoms with Crippen LogP contribution in [-0.2, 0) is 10.3 Å². The molecule has 1 aromatic heterocycles. The summed E-state index contributed by atoms with van der Waals surface area (Å²) in [6.07, 6.45) is 1.72. The number of ether oxygens (including phenoxy) is 1. The minimum Gasteiger partial charge on any atom is -0.372 e. The predicted octanol–water partition coefficient (Wildman–Crippen LogP) is 1.66. The van der Waals surface area contributed by atoms with Crippen LogP contribution < -0.4 is 5.73 Å². The Labute approximate surface area is 86.4 Å². The normalized spacial score (nSPS) is 15.4. The molecule has 1 atom stereocenters. The first-order valence-corrected chi connectivity index (χ1v) is 4.79. The van der Waals surface area contributed by atoms with E-state index in [9.17, 15) is 0 Å². The second kappa shape index (κ2) is 4.17. The van der Waals surface area contributed by atoms with Crippen molar-refractivity contribution in [1.29, 1.82) is 0 Å². The van der Waals surface area contributed by atoms with Crippen molar-refractivity contribution in [2.75, 3.05) is 13.7 Å². The van der Waals surface area contributed by atoms with E-state index in [1.807, 2.05) is 19.1 Å². The fraction of sp³-hybridized carbons (Fsp3) is 0.444. The summed E-state index contributed by atoms with van der Waals surface area (Å²) in [6, 6.07) is 3.82. The number of hydrogen-bond donors (Lipinski definition) is 1. The van der Waals surface area contributed by atoms with Crippen molar-refractivity contribution in [2.24, 2.45) is 5.73 Å². The second-order valence-corrected chi connectivity index (χ2v) is 3.73. The van der Waals surface area contributed by atoms with Crippen molar-refractivity contribution in [3.8, 4) is 0 Å². The molecule has 2 N–H and O–H groups in total. The highest BCUT2D eigenvalue weighted by Crippen LogP contribution is 2.28. The van der Waals surface area contributed by atoms with E-state index >= 15 is 0 Å². The summed E-state index contributed by atoms with van der Waals surface area (Å²) < 4.78 is 6.14. The molecule has 0 aliphatic heterocycles. The Kier molecular flexibility index (Phi) is 3.41. The van der Waals surface area contributed by atoms with Crippen LogP contribution in [0, 0.1) is 0 Å². The molecule has 0 radical (unpaired) electrons. The van der Waals surface area contributed by atoms with E-state index in [0.717, 1.165) is 10.2 Å². The predicted molar refractivity (Wildman–Crippen MR) is 55.4 cm³/mol. The maximum absolute atomic E-state index is 5.64. The Bertz CT molecular complexity index is 287. The number of nitrogens with zero attached hydrogens (tertiary/aromatic N) is 1. The van der Waals surface area contributed by atoms with Gasteiger partial charge in [0.2, 0.25) is 0 Å². The van der Waals surface area contributed by atoms with Gasteiger partial charge in [0.15, 0.2) is 0 Å². The highest BCUT2D eigenvalue weighted by atomic mass is 79.9. The van der Waals surface area contributed by atoms with Crippen molar-refractivity contribution < 1.29 is 4.74 Å². The number of aromatic nitrogens is 1. The number of halogens is 1. The largest absolute Gasteiger partial charge is 0.372 e. The molecule has 0 saturated heterocycles.